The van der Waals surface area contributed by atoms with Crippen LogP contribution in [0.2, 0.25) is 0 Å². The van der Waals surface area contributed by atoms with Crippen molar-refractivity contribution in [1.29, 1.82) is 0 Å². The minimum atomic E-state index is -1.41. The average Bonchev–Trinajstić information content (AvgIpc) is 3.47. The van der Waals surface area contributed by atoms with E-state index in [-0.39, 0.29) is 16.8 Å². The van der Waals surface area contributed by atoms with E-state index >= 15 is 4.39 Å². The summed E-state index contributed by atoms with van der Waals surface area (Å²) >= 11 is 0. The minimum absolute atomic E-state index is 0.0649. The second kappa shape index (κ2) is 10.5. The van der Waals surface area contributed by atoms with Crippen LogP contribution in [0, 0.1) is 17.5 Å². The van der Waals surface area contributed by atoms with Crippen LogP contribution >= 0.6 is 0 Å². The standard InChI is InChI=1S/C29H23F3N6O3/c30-19-3-6-25(23(31)11-19)35-7-9-36(10-8-35)27-13-26-21(12-24(27)32)28(39)22(29(40)41)15-38(26)20-4-1-18(2-5-20)14-37-17-33-16-34-37/h1-6,11-13,15-17H,7-10,14H2,(H,40,41). The summed E-state index contributed by atoms with van der Waals surface area (Å²) in [6.07, 6.45) is 4.27. The molecular weight excluding hydrogens is 537 g/mol. The van der Waals surface area contributed by atoms with Crippen molar-refractivity contribution in [1.82, 2.24) is 19.3 Å². The lowest BCUT2D eigenvalue weighted by Gasteiger charge is -2.37. The second-order valence-electron chi connectivity index (χ2n) is 9.70. The van der Waals surface area contributed by atoms with Gasteiger partial charge in [-0.1, -0.05) is 12.1 Å². The van der Waals surface area contributed by atoms with Crippen molar-refractivity contribution in [3.8, 4) is 5.69 Å². The van der Waals surface area contributed by atoms with E-state index in [0.29, 0.717) is 43.9 Å². The summed E-state index contributed by atoms with van der Waals surface area (Å²) in [6.45, 7) is 1.88. The summed E-state index contributed by atoms with van der Waals surface area (Å²) in [6, 6.07) is 13.3. The SMILES string of the molecule is O=C(O)c1cn(-c2ccc(Cn3cncn3)cc2)c2cc(N3CCN(c4ccc(F)cc4F)CC3)c(F)cc2c1=O. The molecule has 3 aromatic carbocycles. The molecule has 0 spiro atoms. The van der Waals surface area contributed by atoms with Gasteiger partial charge in [-0.2, -0.15) is 5.10 Å². The zero-order valence-corrected chi connectivity index (χ0v) is 21.5. The topological polar surface area (TPSA) is 96.5 Å². The summed E-state index contributed by atoms with van der Waals surface area (Å²) in [5, 5.41) is 13.7. The molecule has 208 valence electrons. The van der Waals surface area contributed by atoms with Crippen LogP contribution in [-0.2, 0) is 6.54 Å². The van der Waals surface area contributed by atoms with Crippen molar-refractivity contribution in [2.24, 2.45) is 0 Å². The Labute approximate surface area is 231 Å². The van der Waals surface area contributed by atoms with Crippen molar-refractivity contribution in [3.05, 3.63) is 112 Å². The molecule has 12 heteroatoms. The van der Waals surface area contributed by atoms with Gasteiger partial charge in [-0.05, 0) is 42.0 Å². The van der Waals surface area contributed by atoms with E-state index in [9.17, 15) is 23.5 Å². The van der Waals surface area contributed by atoms with Crippen LogP contribution in [-0.4, -0.2) is 56.6 Å². The lowest BCUT2D eigenvalue weighted by molar-refractivity contribution is 0.0695. The molecular formula is C29H23F3N6O3. The fourth-order valence-corrected chi connectivity index (χ4v) is 5.13. The molecule has 0 radical (unpaired) electrons. The first-order valence-electron chi connectivity index (χ1n) is 12.8. The van der Waals surface area contributed by atoms with Gasteiger partial charge < -0.3 is 19.5 Å². The zero-order chi connectivity index (χ0) is 28.7. The number of hydrogen-bond acceptors (Lipinski definition) is 6. The lowest BCUT2D eigenvalue weighted by Crippen LogP contribution is -2.47. The molecule has 0 saturated carbocycles. The molecule has 1 aliphatic rings. The van der Waals surface area contributed by atoms with Crippen LogP contribution in [0.25, 0.3) is 16.6 Å². The van der Waals surface area contributed by atoms with Gasteiger partial charge in [0.15, 0.2) is 0 Å². The Morgan fingerprint density at radius 1 is 0.878 bits per heavy atom. The van der Waals surface area contributed by atoms with Gasteiger partial charge in [-0.25, -0.2) is 27.6 Å². The van der Waals surface area contributed by atoms with E-state index in [1.807, 2.05) is 12.1 Å². The Morgan fingerprint density at radius 2 is 1.56 bits per heavy atom. The highest BCUT2D eigenvalue weighted by Crippen LogP contribution is 2.29. The summed E-state index contributed by atoms with van der Waals surface area (Å²) in [5.74, 6) is -3.42. The van der Waals surface area contributed by atoms with Crippen molar-refractivity contribution in [2.45, 2.75) is 6.54 Å². The number of piperazine rings is 1. The molecule has 0 unspecified atom stereocenters. The number of rotatable bonds is 6. The number of benzene rings is 3. The second-order valence-corrected chi connectivity index (χ2v) is 9.70. The maximum absolute atomic E-state index is 15.4. The quantitative estimate of drug-likeness (QED) is 0.335. The number of carboxylic acid groups (broad SMARTS) is 1. The molecule has 1 saturated heterocycles. The molecule has 0 aliphatic carbocycles. The van der Waals surface area contributed by atoms with Crippen LogP contribution in [0.15, 0.2) is 78.2 Å². The number of pyridine rings is 1. The highest BCUT2D eigenvalue weighted by atomic mass is 19.1. The maximum Gasteiger partial charge on any atom is 0.341 e. The van der Waals surface area contributed by atoms with Gasteiger partial charge in [0.2, 0.25) is 5.43 Å². The number of hydrogen-bond donors (Lipinski definition) is 1. The van der Waals surface area contributed by atoms with Gasteiger partial charge in [0.05, 0.1) is 23.4 Å². The predicted molar refractivity (Wildman–Crippen MR) is 146 cm³/mol. The largest absolute Gasteiger partial charge is 0.477 e. The smallest absolute Gasteiger partial charge is 0.341 e. The van der Waals surface area contributed by atoms with E-state index in [1.165, 1.54) is 30.7 Å². The minimum Gasteiger partial charge on any atom is -0.477 e. The molecule has 0 atom stereocenters. The van der Waals surface area contributed by atoms with Crippen LogP contribution in [0.4, 0.5) is 24.5 Å². The summed E-state index contributed by atoms with van der Waals surface area (Å²) in [4.78, 5) is 32.4. The van der Waals surface area contributed by atoms with Gasteiger partial charge in [0, 0.05) is 49.5 Å². The highest BCUT2D eigenvalue weighted by molar-refractivity contribution is 5.94. The molecule has 6 rings (SSSR count). The Bertz CT molecular complexity index is 1820. The molecule has 1 N–H and O–H groups in total. The van der Waals surface area contributed by atoms with E-state index in [1.54, 1.807) is 37.5 Å². The molecule has 41 heavy (non-hydrogen) atoms. The first-order valence-corrected chi connectivity index (χ1v) is 12.8. The van der Waals surface area contributed by atoms with E-state index in [0.717, 1.165) is 17.7 Å². The normalized spacial score (nSPS) is 13.6. The van der Waals surface area contributed by atoms with Gasteiger partial charge in [-0.15, -0.1) is 0 Å². The van der Waals surface area contributed by atoms with Crippen molar-refractivity contribution < 1.29 is 23.1 Å². The third-order valence-corrected chi connectivity index (χ3v) is 7.20. The first-order chi connectivity index (χ1) is 19.8. The van der Waals surface area contributed by atoms with E-state index < -0.39 is 34.4 Å². The fourth-order valence-electron chi connectivity index (χ4n) is 5.13. The van der Waals surface area contributed by atoms with Gasteiger partial charge in [0.25, 0.3) is 0 Å². The molecule has 0 amide bonds. The predicted octanol–water partition coefficient (Wildman–Crippen LogP) is 4.07. The summed E-state index contributed by atoms with van der Waals surface area (Å²) in [7, 11) is 0. The molecule has 1 aliphatic heterocycles. The number of nitrogens with zero attached hydrogens (tertiary/aromatic N) is 6. The number of fused-ring (bicyclic) bond motifs is 1. The number of carbonyl (C=O) groups is 1. The maximum atomic E-state index is 15.4. The third-order valence-electron chi connectivity index (χ3n) is 7.20. The van der Waals surface area contributed by atoms with Crippen molar-refractivity contribution >= 4 is 28.2 Å². The molecule has 3 heterocycles. The van der Waals surface area contributed by atoms with Crippen molar-refractivity contribution in [3.63, 3.8) is 0 Å². The van der Waals surface area contributed by atoms with E-state index in [4.69, 9.17) is 0 Å². The molecule has 9 nitrogen and oxygen atoms in total. The van der Waals surface area contributed by atoms with Crippen LogP contribution in [0.1, 0.15) is 15.9 Å². The fraction of sp³-hybridized carbons (Fsp3) is 0.172. The molecule has 2 aromatic heterocycles. The highest BCUT2D eigenvalue weighted by Gasteiger charge is 2.24. The molecule has 0 bridgehead atoms. The third kappa shape index (κ3) is 4.99. The number of aromatic nitrogens is 4. The number of halogens is 3. The van der Waals surface area contributed by atoms with E-state index in [2.05, 4.69) is 10.1 Å². The van der Waals surface area contributed by atoms with Crippen LogP contribution in [0.5, 0.6) is 0 Å². The number of anilines is 2. The summed E-state index contributed by atoms with van der Waals surface area (Å²) in [5.41, 5.74) is 1.08. The number of aromatic carboxylic acids is 1. The Balaban J connectivity index is 1.36. The molecule has 5 aromatic rings. The summed E-state index contributed by atoms with van der Waals surface area (Å²) < 4.78 is 46.3. The Kier molecular flexibility index (Phi) is 6.66. The van der Waals surface area contributed by atoms with Gasteiger partial charge in [-0.3, -0.25) is 4.79 Å². The van der Waals surface area contributed by atoms with Crippen LogP contribution < -0.4 is 15.2 Å². The zero-order valence-electron chi connectivity index (χ0n) is 21.5. The Hall–Kier alpha value is -5.13. The molecule has 1 fully saturated rings. The average molecular weight is 561 g/mol. The Morgan fingerprint density at radius 3 is 2.20 bits per heavy atom. The monoisotopic (exact) mass is 560 g/mol. The van der Waals surface area contributed by atoms with Crippen LogP contribution in [0.3, 0.4) is 0 Å². The van der Waals surface area contributed by atoms with Gasteiger partial charge >= 0.3 is 5.97 Å². The first kappa shape index (κ1) is 26.1. The van der Waals surface area contributed by atoms with Gasteiger partial charge in [0.1, 0.15) is 35.7 Å². The lowest BCUT2D eigenvalue weighted by atomic mass is 10.1. The number of carboxylic acids is 1. The van der Waals surface area contributed by atoms with Crippen molar-refractivity contribution in [2.75, 3.05) is 36.0 Å².